The summed E-state index contributed by atoms with van der Waals surface area (Å²) in [7, 11) is 0. The molecule has 2 aromatic carbocycles. The molecule has 180 valence electrons. The SMILES string of the molecule is O=C(Nc1nc2c(s1)CCC2C(=O)N1CCN(c2cccc(Cl)c2)CC1)c1ccc2c(c1)OCO2. The van der Waals surface area contributed by atoms with Gasteiger partial charge in [-0.1, -0.05) is 17.7 Å². The van der Waals surface area contributed by atoms with Crippen LogP contribution in [-0.4, -0.2) is 54.7 Å². The van der Waals surface area contributed by atoms with Crippen LogP contribution in [0.4, 0.5) is 10.8 Å². The third kappa shape index (κ3) is 4.30. The lowest BCUT2D eigenvalue weighted by Gasteiger charge is -2.37. The predicted molar refractivity (Wildman–Crippen MR) is 134 cm³/mol. The van der Waals surface area contributed by atoms with Crippen LogP contribution in [0.1, 0.15) is 33.3 Å². The van der Waals surface area contributed by atoms with Crippen LogP contribution in [0, 0.1) is 0 Å². The quantitative estimate of drug-likeness (QED) is 0.567. The molecule has 0 saturated carbocycles. The fourth-order valence-corrected chi connectivity index (χ4v) is 6.02. The number of hydrogen-bond donors (Lipinski definition) is 1. The van der Waals surface area contributed by atoms with Crippen LogP contribution in [0.25, 0.3) is 0 Å². The smallest absolute Gasteiger partial charge is 0.257 e. The molecule has 0 radical (unpaired) electrons. The molecule has 1 unspecified atom stereocenters. The molecule has 3 heterocycles. The van der Waals surface area contributed by atoms with Crippen LogP contribution in [0.3, 0.4) is 0 Å². The molecule has 3 aromatic rings. The Kier molecular flexibility index (Phi) is 5.74. The zero-order valence-electron chi connectivity index (χ0n) is 18.8. The van der Waals surface area contributed by atoms with Crippen LogP contribution in [-0.2, 0) is 11.2 Å². The number of fused-ring (bicyclic) bond motifs is 2. The predicted octanol–water partition coefficient (Wildman–Crippen LogP) is 4.16. The van der Waals surface area contributed by atoms with Gasteiger partial charge in [0.05, 0.1) is 11.6 Å². The number of thiazole rings is 1. The lowest BCUT2D eigenvalue weighted by atomic mass is 10.1. The molecule has 1 saturated heterocycles. The van der Waals surface area contributed by atoms with Gasteiger partial charge in [-0.15, -0.1) is 11.3 Å². The number of ether oxygens (including phenoxy) is 2. The van der Waals surface area contributed by atoms with E-state index in [4.69, 9.17) is 21.1 Å². The van der Waals surface area contributed by atoms with E-state index >= 15 is 0 Å². The van der Waals surface area contributed by atoms with Crippen molar-refractivity contribution in [2.75, 3.05) is 43.2 Å². The molecule has 8 nitrogen and oxygen atoms in total. The third-order valence-electron chi connectivity index (χ3n) is 6.64. The highest BCUT2D eigenvalue weighted by Crippen LogP contribution is 2.40. The summed E-state index contributed by atoms with van der Waals surface area (Å²) < 4.78 is 10.7. The summed E-state index contributed by atoms with van der Waals surface area (Å²) in [5.41, 5.74) is 2.35. The van der Waals surface area contributed by atoms with Gasteiger partial charge in [-0.2, -0.15) is 0 Å². The zero-order chi connectivity index (χ0) is 23.9. The summed E-state index contributed by atoms with van der Waals surface area (Å²) in [6.45, 7) is 3.01. The Morgan fingerprint density at radius 1 is 1.06 bits per heavy atom. The van der Waals surface area contributed by atoms with Gasteiger partial charge in [0.2, 0.25) is 12.7 Å². The van der Waals surface area contributed by atoms with Gasteiger partial charge in [0, 0.05) is 47.3 Å². The summed E-state index contributed by atoms with van der Waals surface area (Å²) in [6, 6.07) is 12.9. The molecular weight excluding hydrogens is 488 g/mol. The minimum Gasteiger partial charge on any atom is -0.454 e. The normalized spacial score (nSPS) is 18.5. The average Bonchev–Trinajstić information content (AvgIpc) is 3.59. The lowest BCUT2D eigenvalue weighted by molar-refractivity contribution is -0.133. The summed E-state index contributed by atoms with van der Waals surface area (Å²) in [4.78, 5) is 36.0. The number of carbonyl (C=O) groups is 2. The number of benzene rings is 2. The summed E-state index contributed by atoms with van der Waals surface area (Å²) in [5, 5.41) is 4.10. The molecule has 2 amide bonds. The Balaban J connectivity index is 1.10. The van der Waals surface area contributed by atoms with E-state index in [2.05, 4.69) is 15.2 Å². The largest absolute Gasteiger partial charge is 0.454 e. The Hall–Kier alpha value is -3.30. The van der Waals surface area contributed by atoms with E-state index in [0.29, 0.717) is 40.3 Å². The monoisotopic (exact) mass is 510 g/mol. The molecule has 35 heavy (non-hydrogen) atoms. The first kappa shape index (κ1) is 22.2. The number of carbonyl (C=O) groups excluding carboxylic acids is 2. The van der Waals surface area contributed by atoms with Crippen molar-refractivity contribution in [3.8, 4) is 11.5 Å². The number of anilines is 2. The maximum Gasteiger partial charge on any atom is 0.257 e. The molecule has 1 N–H and O–H groups in total. The standard InChI is InChI=1S/C25H23ClN4O4S/c26-16-2-1-3-17(13-16)29-8-10-30(11-9-29)24(32)18-5-7-21-22(18)27-25(35-21)28-23(31)15-4-6-19-20(12-15)34-14-33-19/h1-4,6,12-13,18H,5,7-11,14H2,(H,27,28,31). The highest BCUT2D eigenvalue weighted by molar-refractivity contribution is 7.16. The Morgan fingerprint density at radius 3 is 2.71 bits per heavy atom. The van der Waals surface area contributed by atoms with Gasteiger partial charge in [-0.05, 0) is 49.2 Å². The molecule has 1 aliphatic carbocycles. The molecule has 1 atom stereocenters. The molecular formula is C25H23ClN4O4S. The highest BCUT2D eigenvalue weighted by atomic mass is 35.5. The number of rotatable bonds is 4. The highest BCUT2D eigenvalue weighted by Gasteiger charge is 2.36. The second-order valence-electron chi connectivity index (χ2n) is 8.73. The molecule has 0 bridgehead atoms. The maximum atomic E-state index is 13.4. The minimum atomic E-state index is -0.268. The van der Waals surface area contributed by atoms with Crippen molar-refractivity contribution in [3.63, 3.8) is 0 Å². The first-order valence-electron chi connectivity index (χ1n) is 11.5. The maximum absolute atomic E-state index is 13.4. The topological polar surface area (TPSA) is 84.0 Å². The van der Waals surface area contributed by atoms with Crippen LogP contribution < -0.4 is 19.7 Å². The lowest BCUT2D eigenvalue weighted by Crippen LogP contribution is -2.50. The van der Waals surface area contributed by atoms with E-state index in [9.17, 15) is 9.59 Å². The summed E-state index contributed by atoms with van der Waals surface area (Å²) in [6.07, 6.45) is 1.56. The van der Waals surface area contributed by atoms with Gasteiger partial charge in [-0.3, -0.25) is 14.9 Å². The Bertz CT molecular complexity index is 1300. The first-order chi connectivity index (χ1) is 17.0. The Labute approximate surface area is 211 Å². The number of nitrogens with one attached hydrogen (secondary N) is 1. The molecule has 10 heteroatoms. The van der Waals surface area contributed by atoms with Gasteiger partial charge >= 0.3 is 0 Å². The molecule has 3 aliphatic rings. The number of halogens is 1. The van der Waals surface area contributed by atoms with Crippen molar-refractivity contribution in [2.45, 2.75) is 18.8 Å². The second-order valence-corrected chi connectivity index (χ2v) is 10.3. The van der Waals surface area contributed by atoms with Gasteiger partial charge in [0.25, 0.3) is 5.91 Å². The van der Waals surface area contributed by atoms with E-state index in [1.54, 1.807) is 18.2 Å². The number of nitrogens with zero attached hydrogens (tertiary/aromatic N) is 3. The van der Waals surface area contributed by atoms with Crippen LogP contribution in [0.5, 0.6) is 11.5 Å². The van der Waals surface area contributed by atoms with Crippen molar-refractivity contribution in [2.24, 2.45) is 0 Å². The Morgan fingerprint density at radius 2 is 1.89 bits per heavy atom. The summed E-state index contributed by atoms with van der Waals surface area (Å²) >= 11 is 7.58. The fourth-order valence-electron chi connectivity index (χ4n) is 4.81. The van der Waals surface area contributed by atoms with Crippen LogP contribution >= 0.6 is 22.9 Å². The van der Waals surface area contributed by atoms with E-state index in [1.165, 1.54) is 11.3 Å². The number of amides is 2. The average molecular weight is 511 g/mol. The van der Waals surface area contributed by atoms with Crippen LogP contribution in [0.15, 0.2) is 42.5 Å². The number of piperazine rings is 1. The van der Waals surface area contributed by atoms with Crippen molar-refractivity contribution in [1.29, 1.82) is 0 Å². The van der Waals surface area contributed by atoms with E-state index < -0.39 is 0 Å². The number of aryl methyl sites for hydroxylation is 1. The van der Waals surface area contributed by atoms with E-state index in [1.807, 2.05) is 29.2 Å². The van der Waals surface area contributed by atoms with Crippen molar-refractivity contribution >= 4 is 45.6 Å². The van der Waals surface area contributed by atoms with Crippen molar-refractivity contribution < 1.29 is 19.1 Å². The van der Waals surface area contributed by atoms with Gasteiger partial charge < -0.3 is 19.3 Å². The van der Waals surface area contributed by atoms with Crippen molar-refractivity contribution in [1.82, 2.24) is 9.88 Å². The number of hydrogen-bond acceptors (Lipinski definition) is 7. The van der Waals surface area contributed by atoms with E-state index in [0.717, 1.165) is 42.2 Å². The van der Waals surface area contributed by atoms with Gasteiger partial charge in [0.15, 0.2) is 16.6 Å². The molecule has 6 rings (SSSR count). The minimum absolute atomic E-state index is 0.119. The van der Waals surface area contributed by atoms with Crippen molar-refractivity contribution in [3.05, 3.63) is 63.6 Å². The zero-order valence-corrected chi connectivity index (χ0v) is 20.4. The van der Waals surface area contributed by atoms with Crippen LogP contribution in [0.2, 0.25) is 5.02 Å². The molecule has 1 fully saturated rings. The van der Waals surface area contributed by atoms with Gasteiger partial charge in [-0.25, -0.2) is 4.98 Å². The molecule has 2 aliphatic heterocycles. The number of aromatic nitrogens is 1. The molecule has 1 aromatic heterocycles. The first-order valence-corrected chi connectivity index (χ1v) is 12.7. The fraction of sp³-hybridized carbons (Fsp3) is 0.320. The summed E-state index contributed by atoms with van der Waals surface area (Å²) in [5.74, 6) is 0.782. The third-order valence-corrected chi connectivity index (χ3v) is 7.92. The molecule has 0 spiro atoms. The van der Waals surface area contributed by atoms with E-state index in [-0.39, 0.29) is 24.5 Å². The van der Waals surface area contributed by atoms with Gasteiger partial charge in [0.1, 0.15) is 0 Å². The second kappa shape index (κ2) is 9.05.